The van der Waals surface area contributed by atoms with Crippen molar-refractivity contribution in [3.05, 3.63) is 0 Å². The average Bonchev–Trinajstić information content (AvgIpc) is 1.81. The third-order valence-corrected chi connectivity index (χ3v) is 1.27. The lowest BCUT2D eigenvalue weighted by molar-refractivity contribution is -0.465. The first-order valence-corrected chi connectivity index (χ1v) is 3.36. The fourth-order valence-corrected chi connectivity index (χ4v) is 0.759. The smallest absolute Gasteiger partial charge is 0.396 e. The summed E-state index contributed by atoms with van der Waals surface area (Å²) in [6.45, 7) is 1.96. The summed E-state index contributed by atoms with van der Waals surface area (Å²) in [5.74, 6) is -0.813. The van der Waals surface area contributed by atoms with Gasteiger partial charge in [-0.1, -0.05) is 6.92 Å². The maximum Gasteiger partial charge on any atom is 0.396 e. The summed E-state index contributed by atoms with van der Waals surface area (Å²) < 4.78 is 1.64. The van der Waals surface area contributed by atoms with Crippen molar-refractivity contribution in [1.82, 2.24) is 0 Å². The lowest BCUT2D eigenvalue weighted by atomic mass is 10.2. The Labute approximate surface area is 61.0 Å². The number of carbonyl (C=O) groups is 1. The van der Waals surface area contributed by atoms with Gasteiger partial charge in [-0.2, -0.15) is 0 Å². The minimum Gasteiger partial charge on any atom is -0.474 e. The molecule has 0 fully saturated rings. The van der Waals surface area contributed by atoms with Crippen molar-refractivity contribution in [3.63, 3.8) is 0 Å². The zero-order valence-corrected chi connectivity index (χ0v) is 6.72. The van der Waals surface area contributed by atoms with Crippen molar-refractivity contribution in [2.75, 3.05) is 14.1 Å². The van der Waals surface area contributed by atoms with E-state index < -0.39 is 5.97 Å². The van der Waals surface area contributed by atoms with E-state index in [-0.39, 0.29) is 0 Å². The van der Waals surface area contributed by atoms with E-state index in [1.807, 2.05) is 6.92 Å². The Bertz CT molecular complexity index is 157. The molecule has 3 nitrogen and oxygen atoms in total. The van der Waals surface area contributed by atoms with Crippen LogP contribution in [0.1, 0.15) is 19.8 Å². The van der Waals surface area contributed by atoms with Crippen LogP contribution < -0.4 is 0 Å². The van der Waals surface area contributed by atoms with E-state index in [4.69, 9.17) is 5.11 Å². The molecule has 0 saturated carbocycles. The van der Waals surface area contributed by atoms with E-state index in [0.29, 0.717) is 12.1 Å². The van der Waals surface area contributed by atoms with Crippen LogP contribution in [0.15, 0.2) is 0 Å². The molecule has 0 aromatic rings. The molecule has 0 aliphatic rings. The van der Waals surface area contributed by atoms with Gasteiger partial charge in [-0.15, -0.1) is 0 Å². The van der Waals surface area contributed by atoms with Crippen LogP contribution in [0.3, 0.4) is 0 Å². The molecule has 0 radical (unpaired) electrons. The van der Waals surface area contributed by atoms with Gasteiger partial charge in [-0.3, -0.25) is 0 Å². The first-order valence-electron chi connectivity index (χ1n) is 3.36. The van der Waals surface area contributed by atoms with Crippen molar-refractivity contribution in [1.29, 1.82) is 0 Å². The molecule has 58 valence electrons. The summed E-state index contributed by atoms with van der Waals surface area (Å²) in [4.78, 5) is 10.5. The van der Waals surface area contributed by atoms with E-state index in [1.165, 1.54) is 0 Å². The second-order valence-electron chi connectivity index (χ2n) is 2.40. The highest BCUT2D eigenvalue weighted by molar-refractivity contribution is 6.33. The van der Waals surface area contributed by atoms with Crippen molar-refractivity contribution in [2.24, 2.45) is 0 Å². The van der Waals surface area contributed by atoms with Crippen LogP contribution in [-0.2, 0) is 4.79 Å². The van der Waals surface area contributed by atoms with Gasteiger partial charge in [-0.05, 0) is 6.42 Å². The SMILES string of the molecule is CCCC(C(=O)O)=[N+](C)C. The summed E-state index contributed by atoms with van der Waals surface area (Å²) in [7, 11) is 3.50. The summed E-state index contributed by atoms with van der Waals surface area (Å²) in [5, 5.41) is 8.60. The number of aliphatic carboxylic acids is 1. The first-order chi connectivity index (χ1) is 4.59. The van der Waals surface area contributed by atoms with Crippen LogP contribution >= 0.6 is 0 Å². The first kappa shape index (κ1) is 9.14. The predicted molar refractivity (Wildman–Crippen MR) is 39.7 cm³/mol. The minimum absolute atomic E-state index is 0.475. The van der Waals surface area contributed by atoms with E-state index in [9.17, 15) is 4.79 Å². The Balaban J connectivity index is 4.28. The summed E-state index contributed by atoms with van der Waals surface area (Å²) in [6, 6.07) is 0. The molecule has 10 heavy (non-hydrogen) atoms. The second-order valence-corrected chi connectivity index (χ2v) is 2.40. The minimum atomic E-state index is -0.813. The van der Waals surface area contributed by atoms with Crippen LogP contribution in [0.4, 0.5) is 0 Å². The fourth-order valence-electron chi connectivity index (χ4n) is 0.759. The summed E-state index contributed by atoms with van der Waals surface area (Å²) >= 11 is 0. The number of carboxylic acid groups (broad SMARTS) is 1. The number of nitrogens with zero attached hydrogens (tertiary/aromatic N) is 1. The number of carboxylic acids is 1. The largest absolute Gasteiger partial charge is 0.474 e. The molecule has 0 aromatic carbocycles. The topological polar surface area (TPSA) is 40.3 Å². The van der Waals surface area contributed by atoms with Crippen molar-refractivity contribution >= 4 is 11.7 Å². The Morgan fingerprint density at radius 3 is 2.10 bits per heavy atom. The average molecular weight is 144 g/mol. The molecule has 3 heteroatoms. The highest BCUT2D eigenvalue weighted by atomic mass is 16.4. The molecule has 0 saturated heterocycles. The van der Waals surface area contributed by atoms with Crippen LogP contribution in [0.2, 0.25) is 0 Å². The molecule has 0 rings (SSSR count). The lowest BCUT2D eigenvalue weighted by Crippen LogP contribution is -2.22. The zero-order chi connectivity index (χ0) is 8.15. The van der Waals surface area contributed by atoms with Crippen molar-refractivity contribution in [3.8, 4) is 0 Å². The van der Waals surface area contributed by atoms with E-state index >= 15 is 0 Å². The molecule has 0 bridgehead atoms. The summed E-state index contributed by atoms with van der Waals surface area (Å²) in [5.41, 5.74) is 0.475. The van der Waals surface area contributed by atoms with Crippen LogP contribution in [-0.4, -0.2) is 35.5 Å². The Morgan fingerprint density at radius 1 is 1.50 bits per heavy atom. The molecule has 0 atom stereocenters. The molecule has 0 aliphatic heterocycles. The van der Waals surface area contributed by atoms with Gasteiger partial charge in [-0.25, -0.2) is 9.37 Å². The van der Waals surface area contributed by atoms with Gasteiger partial charge in [0.05, 0.1) is 0 Å². The summed E-state index contributed by atoms with van der Waals surface area (Å²) in [6.07, 6.45) is 1.52. The lowest BCUT2D eigenvalue weighted by Gasteiger charge is -1.94. The molecular weight excluding hydrogens is 130 g/mol. The maximum atomic E-state index is 10.5. The van der Waals surface area contributed by atoms with Gasteiger partial charge >= 0.3 is 5.97 Å². The number of rotatable bonds is 3. The molecule has 1 N–H and O–H groups in total. The van der Waals surface area contributed by atoms with Crippen molar-refractivity contribution < 1.29 is 14.5 Å². The molecule has 0 aliphatic carbocycles. The van der Waals surface area contributed by atoms with Gasteiger partial charge in [0, 0.05) is 6.42 Å². The van der Waals surface area contributed by atoms with Gasteiger partial charge in [0.15, 0.2) is 0 Å². The highest BCUT2D eigenvalue weighted by Gasteiger charge is 2.15. The standard InChI is InChI=1S/C7H13NO2/c1-4-5-6(7(9)10)8(2)3/h4-5H2,1-3H3/p+1. The molecule has 0 amide bonds. The number of hydrogen-bond donors (Lipinski definition) is 1. The quantitative estimate of drug-likeness (QED) is 0.465. The third-order valence-electron chi connectivity index (χ3n) is 1.27. The highest BCUT2D eigenvalue weighted by Crippen LogP contribution is 1.90. The van der Waals surface area contributed by atoms with Crippen LogP contribution in [0.25, 0.3) is 0 Å². The zero-order valence-electron chi connectivity index (χ0n) is 6.72. The maximum absolute atomic E-state index is 10.5. The fraction of sp³-hybridized carbons (Fsp3) is 0.714. The number of hydrogen-bond acceptors (Lipinski definition) is 1. The van der Waals surface area contributed by atoms with Crippen molar-refractivity contribution in [2.45, 2.75) is 19.8 Å². The molecule has 0 aromatic heterocycles. The van der Waals surface area contributed by atoms with E-state index in [2.05, 4.69) is 0 Å². The Morgan fingerprint density at radius 2 is 2.00 bits per heavy atom. The van der Waals surface area contributed by atoms with Gasteiger partial charge in [0.1, 0.15) is 14.1 Å². The van der Waals surface area contributed by atoms with E-state index in [0.717, 1.165) is 6.42 Å². The van der Waals surface area contributed by atoms with Crippen LogP contribution in [0, 0.1) is 0 Å². The Kier molecular flexibility index (Phi) is 3.69. The van der Waals surface area contributed by atoms with Gasteiger partial charge < -0.3 is 5.11 Å². The van der Waals surface area contributed by atoms with Gasteiger partial charge in [0.2, 0.25) is 0 Å². The molecular formula is C7H14NO2+. The monoisotopic (exact) mass is 144 g/mol. The molecule has 0 spiro atoms. The Hall–Kier alpha value is -0.860. The van der Waals surface area contributed by atoms with Gasteiger partial charge in [0.25, 0.3) is 5.71 Å². The second kappa shape index (κ2) is 4.04. The normalized spacial score (nSPS) is 9.10. The third kappa shape index (κ3) is 2.62. The predicted octanol–water partition coefficient (Wildman–Crippen LogP) is 0.584. The molecule has 0 unspecified atom stereocenters. The molecule has 0 heterocycles. The van der Waals surface area contributed by atoms with E-state index in [1.54, 1.807) is 18.7 Å². The van der Waals surface area contributed by atoms with Crippen LogP contribution in [0.5, 0.6) is 0 Å².